The van der Waals surface area contributed by atoms with Gasteiger partial charge in [-0.3, -0.25) is 14.8 Å². The summed E-state index contributed by atoms with van der Waals surface area (Å²) in [7, 11) is 0. The zero-order valence-corrected chi connectivity index (χ0v) is 26.9. The molecule has 1 aliphatic rings. The summed E-state index contributed by atoms with van der Waals surface area (Å²) in [6.07, 6.45) is 3.94. The SMILES string of the molecule is Cc1nc(C)c(C(=O)OCCCCOC(=O)C[C@H](O)C[C@H](O)/C=C/c2c(C3CC3)nc3ccccc3c2-c2ccc(F)cc2)nc1C. The first kappa shape index (κ1) is 33.8. The van der Waals surface area contributed by atoms with Crippen LogP contribution in [0.4, 0.5) is 4.39 Å². The van der Waals surface area contributed by atoms with Crippen LogP contribution in [0.2, 0.25) is 0 Å². The third-order valence-electron chi connectivity index (χ3n) is 8.17. The van der Waals surface area contributed by atoms with E-state index < -0.39 is 24.1 Å². The fraction of sp³-hybridized carbons (Fsp3) is 0.378. The molecule has 9 nitrogen and oxygen atoms in total. The second-order valence-corrected chi connectivity index (χ2v) is 12.0. The number of aryl methyl sites for hydroxylation is 3. The number of carbonyl (C=O) groups excluding carboxylic acids is 2. The Hall–Kier alpha value is -4.54. The Morgan fingerprint density at radius 3 is 2.32 bits per heavy atom. The molecule has 246 valence electrons. The normalized spacial score (nSPS) is 14.3. The summed E-state index contributed by atoms with van der Waals surface area (Å²) < 4.78 is 24.3. The van der Waals surface area contributed by atoms with Gasteiger partial charge in [0.2, 0.25) is 0 Å². The maximum absolute atomic E-state index is 13.8. The first-order chi connectivity index (χ1) is 22.6. The molecule has 1 saturated carbocycles. The number of hydrogen-bond donors (Lipinski definition) is 2. The van der Waals surface area contributed by atoms with Crippen LogP contribution in [0.25, 0.3) is 28.1 Å². The predicted molar refractivity (Wildman–Crippen MR) is 176 cm³/mol. The Balaban J connectivity index is 1.12. The molecule has 47 heavy (non-hydrogen) atoms. The van der Waals surface area contributed by atoms with Gasteiger partial charge in [-0.2, -0.15) is 0 Å². The van der Waals surface area contributed by atoms with Crippen LogP contribution in [-0.2, 0) is 14.3 Å². The highest BCUT2D eigenvalue weighted by Crippen LogP contribution is 2.45. The lowest BCUT2D eigenvalue weighted by atomic mass is 9.92. The lowest BCUT2D eigenvalue weighted by Gasteiger charge is -2.16. The maximum atomic E-state index is 13.8. The zero-order valence-electron chi connectivity index (χ0n) is 26.9. The first-order valence-corrected chi connectivity index (χ1v) is 16.0. The number of esters is 2. The van der Waals surface area contributed by atoms with Crippen molar-refractivity contribution >= 4 is 28.9 Å². The number of aliphatic hydroxyl groups excluding tert-OH is 2. The Bertz CT molecular complexity index is 1770. The molecule has 2 N–H and O–H groups in total. The molecule has 2 heterocycles. The third kappa shape index (κ3) is 8.84. The van der Waals surface area contributed by atoms with E-state index in [-0.39, 0.29) is 37.6 Å². The molecule has 0 aliphatic heterocycles. The highest BCUT2D eigenvalue weighted by atomic mass is 19.1. The third-order valence-corrected chi connectivity index (χ3v) is 8.17. The molecule has 1 fully saturated rings. The lowest BCUT2D eigenvalue weighted by molar-refractivity contribution is -0.146. The van der Waals surface area contributed by atoms with Crippen LogP contribution in [0, 0.1) is 26.6 Å². The van der Waals surface area contributed by atoms with E-state index >= 15 is 0 Å². The Morgan fingerprint density at radius 2 is 1.60 bits per heavy atom. The number of fused-ring (bicyclic) bond motifs is 1. The number of unbranched alkanes of at least 4 members (excludes halogenated alkanes) is 1. The molecule has 10 heteroatoms. The van der Waals surface area contributed by atoms with E-state index in [2.05, 4.69) is 9.97 Å². The number of benzene rings is 2. The zero-order chi connectivity index (χ0) is 33.5. The summed E-state index contributed by atoms with van der Waals surface area (Å²) in [5.74, 6) is -1.15. The maximum Gasteiger partial charge on any atom is 0.358 e. The van der Waals surface area contributed by atoms with Crippen molar-refractivity contribution in [3.8, 4) is 11.1 Å². The fourth-order valence-electron chi connectivity index (χ4n) is 5.44. The number of hydrogen-bond acceptors (Lipinski definition) is 9. The molecule has 0 amide bonds. The number of nitrogens with zero attached hydrogens (tertiary/aromatic N) is 3. The highest BCUT2D eigenvalue weighted by Gasteiger charge is 2.29. The summed E-state index contributed by atoms with van der Waals surface area (Å²) in [6.45, 7) is 5.57. The molecule has 5 rings (SSSR count). The molecule has 2 atom stereocenters. The molecule has 0 spiro atoms. The summed E-state index contributed by atoms with van der Waals surface area (Å²) in [5.41, 5.74) is 6.51. The number of carbonyl (C=O) groups is 2. The lowest BCUT2D eigenvalue weighted by Crippen LogP contribution is -2.21. The van der Waals surface area contributed by atoms with Crippen LogP contribution < -0.4 is 0 Å². The summed E-state index contributed by atoms with van der Waals surface area (Å²) in [4.78, 5) is 38.1. The minimum absolute atomic E-state index is 0.0615. The largest absolute Gasteiger partial charge is 0.466 e. The van der Waals surface area contributed by atoms with E-state index in [1.165, 1.54) is 12.1 Å². The van der Waals surface area contributed by atoms with Gasteiger partial charge in [0.05, 0.1) is 60.1 Å². The number of aromatic nitrogens is 3. The van der Waals surface area contributed by atoms with Crippen LogP contribution >= 0.6 is 0 Å². The fourth-order valence-corrected chi connectivity index (χ4v) is 5.44. The van der Waals surface area contributed by atoms with Crippen LogP contribution in [0.15, 0.2) is 54.6 Å². The monoisotopic (exact) mass is 641 g/mol. The van der Waals surface area contributed by atoms with Crippen molar-refractivity contribution in [1.82, 2.24) is 15.0 Å². The average Bonchev–Trinajstić information content (AvgIpc) is 3.89. The van der Waals surface area contributed by atoms with E-state index in [0.717, 1.165) is 51.8 Å². The Morgan fingerprint density at radius 1 is 0.915 bits per heavy atom. The van der Waals surface area contributed by atoms with Crippen molar-refractivity contribution < 1.29 is 33.7 Å². The van der Waals surface area contributed by atoms with Crippen molar-refractivity contribution in [3.63, 3.8) is 0 Å². The summed E-state index contributed by atoms with van der Waals surface area (Å²) in [5, 5.41) is 22.2. The van der Waals surface area contributed by atoms with Gasteiger partial charge in [-0.15, -0.1) is 0 Å². The number of rotatable bonds is 14. The van der Waals surface area contributed by atoms with Gasteiger partial charge in [-0.1, -0.05) is 42.5 Å². The van der Waals surface area contributed by atoms with Gasteiger partial charge in [-0.05, 0) is 70.2 Å². The van der Waals surface area contributed by atoms with Gasteiger partial charge >= 0.3 is 11.9 Å². The second-order valence-electron chi connectivity index (χ2n) is 12.0. The van der Waals surface area contributed by atoms with Gasteiger partial charge < -0.3 is 19.7 Å². The van der Waals surface area contributed by atoms with Crippen molar-refractivity contribution in [1.29, 1.82) is 0 Å². The number of pyridine rings is 1. The number of para-hydroxylation sites is 1. The molecule has 4 aromatic rings. The topological polar surface area (TPSA) is 132 Å². The van der Waals surface area contributed by atoms with E-state index in [0.29, 0.717) is 30.1 Å². The molecule has 0 saturated heterocycles. The average molecular weight is 642 g/mol. The number of aliphatic hydroxyl groups is 2. The van der Waals surface area contributed by atoms with Crippen LogP contribution in [-0.4, -0.2) is 62.5 Å². The van der Waals surface area contributed by atoms with Gasteiger partial charge in [0.15, 0.2) is 5.69 Å². The van der Waals surface area contributed by atoms with E-state index in [1.54, 1.807) is 32.1 Å². The molecule has 0 bridgehead atoms. The van der Waals surface area contributed by atoms with E-state index in [1.807, 2.05) is 37.3 Å². The van der Waals surface area contributed by atoms with E-state index in [9.17, 15) is 24.2 Å². The summed E-state index contributed by atoms with van der Waals surface area (Å²) >= 11 is 0. The molecule has 0 radical (unpaired) electrons. The van der Waals surface area contributed by atoms with Gasteiger partial charge in [0.1, 0.15) is 5.82 Å². The van der Waals surface area contributed by atoms with Gasteiger partial charge in [-0.25, -0.2) is 14.2 Å². The minimum Gasteiger partial charge on any atom is -0.466 e. The molecule has 0 unspecified atom stereocenters. The minimum atomic E-state index is -1.11. The number of halogens is 1. The smallest absolute Gasteiger partial charge is 0.358 e. The van der Waals surface area contributed by atoms with Crippen molar-refractivity contribution in [2.45, 2.75) is 77.4 Å². The molecule has 2 aromatic heterocycles. The molecule has 1 aliphatic carbocycles. The summed E-state index contributed by atoms with van der Waals surface area (Å²) in [6, 6.07) is 14.2. The highest BCUT2D eigenvalue weighted by molar-refractivity contribution is 5.99. The Labute approximate surface area is 273 Å². The van der Waals surface area contributed by atoms with Gasteiger partial charge in [0, 0.05) is 28.9 Å². The van der Waals surface area contributed by atoms with Crippen molar-refractivity contribution in [2.24, 2.45) is 0 Å². The quantitative estimate of drug-likeness (QED) is 0.120. The van der Waals surface area contributed by atoms with Crippen molar-refractivity contribution in [2.75, 3.05) is 13.2 Å². The molecular weight excluding hydrogens is 601 g/mol. The van der Waals surface area contributed by atoms with Crippen LogP contribution in [0.1, 0.15) is 83.3 Å². The van der Waals surface area contributed by atoms with Gasteiger partial charge in [0.25, 0.3) is 0 Å². The van der Waals surface area contributed by atoms with Crippen molar-refractivity contribution in [3.05, 3.63) is 94.5 Å². The molecular formula is C37H40FN3O6. The van der Waals surface area contributed by atoms with Crippen LogP contribution in [0.5, 0.6) is 0 Å². The standard InChI is InChI=1S/C37H40FN3O6/c1-22-23(2)40-35(24(3)39-22)37(45)47-19-7-6-18-46-33(44)21-29(43)20-28(42)16-17-31-34(25-12-14-27(38)15-13-25)30-8-4-5-9-32(30)41-36(31)26-10-11-26/h4-5,8-9,12-17,26,28-29,42-43H,6-7,10-11,18-21H2,1-3H3/b17-16+/t28-,29-/m1/s1. The first-order valence-electron chi connectivity index (χ1n) is 16.0. The van der Waals surface area contributed by atoms with E-state index in [4.69, 9.17) is 14.5 Å². The molecule has 2 aromatic carbocycles. The Kier molecular flexibility index (Phi) is 11.1. The van der Waals surface area contributed by atoms with Crippen LogP contribution in [0.3, 0.4) is 0 Å². The second kappa shape index (κ2) is 15.4. The predicted octanol–water partition coefficient (Wildman–Crippen LogP) is 6.33. The number of ether oxygens (including phenoxy) is 2.